The van der Waals surface area contributed by atoms with Gasteiger partial charge >= 0.3 is 0 Å². The van der Waals surface area contributed by atoms with Crippen LogP contribution in [0.1, 0.15) is 60.3 Å². The minimum absolute atomic E-state index is 0.434. The Balaban J connectivity index is 2.12. The van der Waals surface area contributed by atoms with E-state index in [1.165, 1.54) is 25.7 Å². The van der Waals surface area contributed by atoms with E-state index in [0.29, 0.717) is 11.5 Å². The molecule has 15 heavy (non-hydrogen) atoms. The molecule has 1 fully saturated rings. The summed E-state index contributed by atoms with van der Waals surface area (Å²) in [4.78, 5) is 0. The molecule has 1 nitrogen and oxygen atoms in total. The lowest BCUT2D eigenvalue weighted by Crippen LogP contribution is -2.36. The Labute approximate surface area is 96.0 Å². The van der Waals surface area contributed by atoms with Gasteiger partial charge in [0.2, 0.25) is 0 Å². The topological polar surface area (TPSA) is 12.0 Å². The highest BCUT2D eigenvalue weighted by molar-refractivity contribution is 4.77. The van der Waals surface area contributed by atoms with Crippen LogP contribution in [0.25, 0.3) is 0 Å². The molecule has 0 radical (unpaired) electrons. The molecule has 0 saturated heterocycles. The fraction of sp³-hybridized carbons (Fsp3) is 1.00. The molecule has 0 aromatic heterocycles. The standard InChI is InChI=1S/C14H29N/c1-11(14(3,4)5)10-15-12(2)9-13-7-6-8-13/h11-13,15H,6-10H2,1-5H3. The maximum Gasteiger partial charge on any atom is 0.00414 e. The molecule has 0 heterocycles. The Bertz CT molecular complexity index is 176. The second kappa shape index (κ2) is 5.34. The minimum atomic E-state index is 0.434. The first-order chi connectivity index (χ1) is 6.89. The van der Waals surface area contributed by atoms with Crippen LogP contribution >= 0.6 is 0 Å². The summed E-state index contributed by atoms with van der Waals surface area (Å²) < 4.78 is 0. The number of hydrogen-bond donors (Lipinski definition) is 1. The summed E-state index contributed by atoms with van der Waals surface area (Å²) in [5, 5.41) is 3.69. The summed E-state index contributed by atoms with van der Waals surface area (Å²) in [7, 11) is 0. The van der Waals surface area contributed by atoms with E-state index < -0.39 is 0 Å². The van der Waals surface area contributed by atoms with Crippen molar-refractivity contribution >= 4 is 0 Å². The van der Waals surface area contributed by atoms with Crippen molar-refractivity contribution in [3.05, 3.63) is 0 Å². The Morgan fingerprint density at radius 2 is 1.80 bits per heavy atom. The molecule has 0 spiro atoms. The molecule has 0 aromatic rings. The normalized spacial score (nSPS) is 22.2. The maximum absolute atomic E-state index is 3.69. The first-order valence-electron chi connectivity index (χ1n) is 6.63. The molecule has 0 bridgehead atoms. The SMILES string of the molecule is CC(CC1CCC1)NCC(C)C(C)(C)C. The molecule has 1 rings (SSSR count). The van der Waals surface area contributed by atoms with Crippen molar-refractivity contribution in [2.45, 2.75) is 66.3 Å². The van der Waals surface area contributed by atoms with Gasteiger partial charge in [-0.25, -0.2) is 0 Å². The lowest BCUT2D eigenvalue weighted by molar-refractivity contribution is 0.226. The first-order valence-corrected chi connectivity index (χ1v) is 6.63. The van der Waals surface area contributed by atoms with Crippen molar-refractivity contribution in [3.63, 3.8) is 0 Å². The third-order valence-corrected chi connectivity index (χ3v) is 4.16. The molecular weight excluding hydrogens is 182 g/mol. The lowest BCUT2D eigenvalue weighted by Gasteiger charge is -2.31. The summed E-state index contributed by atoms with van der Waals surface area (Å²) in [6.07, 6.45) is 5.80. The van der Waals surface area contributed by atoms with E-state index in [0.717, 1.165) is 18.4 Å². The summed E-state index contributed by atoms with van der Waals surface area (Å²) in [5.74, 6) is 1.78. The van der Waals surface area contributed by atoms with Crippen LogP contribution in [0.3, 0.4) is 0 Å². The number of hydrogen-bond acceptors (Lipinski definition) is 1. The molecule has 1 heteroatoms. The molecule has 1 aliphatic rings. The Morgan fingerprint density at radius 3 is 2.20 bits per heavy atom. The molecular formula is C14H29N. The Hall–Kier alpha value is -0.0400. The van der Waals surface area contributed by atoms with E-state index in [-0.39, 0.29) is 0 Å². The summed E-state index contributed by atoms with van der Waals surface area (Å²) >= 11 is 0. The minimum Gasteiger partial charge on any atom is -0.314 e. The Kier molecular flexibility index (Phi) is 4.64. The molecule has 1 aliphatic carbocycles. The lowest BCUT2D eigenvalue weighted by atomic mass is 9.80. The molecule has 2 atom stereocenters. The quantitative estimate of drug-likeness (QED) is 0.728. The Morgan fingerprint density at radius 1 is 1.20 bits per heavy atom. The predicted molar refractivity (Wildman–Crippen MR) is 68.0 cm³/mol. The van der Waals surface area contributed by atoms with E-state index in [2.05, 4.69) is 39.9 Å². The average Bonchev–Trinajstić information content (AvgIpc) is 2.05. The zero-order valence-electron chi connectivity index (χ0n) is 11.3. The summed E-state index contributed by atoms with van der Waals surface area (Å²) in [6.45, 7) is 12.8. The fourth-order valence-electron chi connectivity index (χ4n) is 2.00. The van der Waals surface area contributed by atoms with Gasteiger partial charge < -0.3 is 5.32 Å². The zero-order valence-corrected chi connectivity index (χ0v) is 11.3. The molecule has 1 N–H and O–H groups in total. The van der Waals surface area contributed by atoms with Gasteiger partial charge in [0.25, 0.3) is 0 Å². The molecule has 2 unspecified atom stereocenters. The van der Waals surface area contributed by atoms with Gasteiger partial charge in [0.1, 0.15) is 0 Å². The van der Waals surface area contributed by atoms with E-state index in [1.807, 2.05) is 0 Å². The van der Waals surface area contributed by atoms with Gasteiger partial charge in [-0.05, 0) is 37.1 Å². The van der Waals surface area contributed by atoms with E-state index >= 15 is 0 Å². The van der Waals surface area contributed by atoms with Gasteiger partial charge in [-0.1, -0.05) is 47.0 Å². The molecule has 1 saturated carbocycles. The van der Waals surface area contributed by atoms with Crippen LogP contribution in [0.2, 0.25) is 0 Å². The van der Waals surface area contributed by atoms with Crippen LogP contribution in [0.4, 0.5) is 0 Å². The van der Waals surface area contributed by atoms with Crippen molar-refractivity contribution in [2.24, 2.45) is 17.3 Å². The number of nitrogens with one attached hydrogen (secondary N) is 1. The van der Waals surface area contributed by atoms with Gasteiger partial charge in [-0.3, -0.25) is 0 Å². The monoisotopic (exact) mass is 211 g/mol. The van der Waals surface area contributed by atoms with E-state index in [9.17, 15) is 0 Å². The summed E-state index contributed by atoms with van der Waals surface area (Å²) in [5.41, 5.74) is 0.434. The van der Waals surface area contributed by atoms with Crippen LogP contribution in [-0.4, -0.2) is 12.6 Å². The van der Waals surface area contributed by atoms with Crippen LogP contribution < -0.4 is 5.32 Å². The molecule has 0 aromatic carbocycles. The van der Waals surface area contributed by atoms with E-state index in [1.54, 1.807) is 0 Å². The maximum atomic E-state index is 3.69. The largest absolute Gasteiger partial charge is 0.314 e. The van der Waals surface area contributed by atoms with Gasteiger partial charge in [-0.2, -0.15) is 0 Å². The predicted octanol–water partition coefficient (Wildman–Crippen LogP) is 3.84. The summed E-state index contributed by atoms with van der Waals surface area (Å²) in [6, 6.07) is 0.708. The van der Waals surface area contributed by atoms with Crippen LogP contribution in [-0.2, 0) is 0 Å². The van der Waals surface area contributed by atoms with Crippen LogP contribution in [0, 0.1) is 17.3 Å². The highest BCUT2D eigenvalue weighted by Gasteiger charge is 2.22. The number of rotatable bonds is 5. The highest BCUT2D eigenvalue weighted by atomic mass is 14.9. The fourth-order valence-corrected chi connectivity index (χ4v) is 2.00. The molecule has 90 valence electrons. The van der Waals surface area contributed by atoms with Gasteiger partial charge in [0, 0.05) is 6.04 Å². The third kappa shape index (κ3) is 4.55. The van der Waals surface area contributed by atoms with Crippen molar-refractivity contribution < 1.29 is 0 Å². The van der Waals surface area contributed by atoms with Gasteiger partial charge in [0.05, 0.1) is 0 Å². The van der Waals surface area contributed by atoms with Gasteiger partial charge in [0.15, 0.2) is 0 Å². The second-order valence-electron chi connectivity index (χ2n) is 6.61. The van der Waals surface area contributed by atoms with Crippen LogP contribution in [0.5, 0.6) is 0 Å². The smallest absolute Gasteiger partial charge is 0.00414 e. The van der Waals surface area contributed by atoms with Crippen molar-refractivity contribution in [3.8, 4) is 0 Å². The molecule has 0 amide bonds. The van der Waals surface area contributed by atoms with E-state index in [4.69, 9.17) is 0 Å². The first kappa shape index (κ1) is 13.0. The van der Waals surface area contributed by atoms with Crippen molar-refractivity contribution in [2.75, 3.05) is 6.54 Å². The van der Waals surface area contributed by atoms with Crippen molar-refractivity contribution in [1.29, 1.82) is 0 Å². The third-order valence-electron chi connectivity index (χ3n) is 4.16. The van der Waals surface area contributed by atoms with Crippen LogP contribution in [0.15, 0.2) is 0 Å². The van der Waals surface area contributed by atoms with Gasteiger partial charge in [-0.15, -0.1) is 0 Å². The average molecular weight is 211 g/mol. The van der Waals surface area contributed by atoms with Crippen molar-refractivity contribution in [1.82, 2.24) is 5.32 Å². The second-order valence-corrected chi connectivity index (χ2v) is 6.61. The highest BCUT2D eigenvalue weighted by Crippen LogP contribution is 2.30. The molecule has 0 aliphatic heterocycles. The zero-order chi connectivity index (χ0) is 11.5.